The van der Waals surface area contributed by atoms with Crippen molar-refractivity contribution in [2.75, 3.05) is 5.43 Å². The Balaban J connectivity index is 2.08. The third kappa shape index (κ3) is 2.53. The van der Waals surface area contributed by atoms with Gasteiger partial charge in [0.15, 0.2) is 0 Å². The van der Waals surface area contributed by atoms with Crippen molar-refractivity contribution in [2.45, 2.75) is 19.8 Å². The number of hydrogen-bond donors (Lipinski definition) is 2. The molecule has 0 saturated heterocycles. The molecule has 0 aliphatic carbocycles. The zero-order valence-electron chi connectivity index (χ0n) is 11.4. The van der Waals surface area contributed by atoms with Gasteiger partial charge in [-0.2, -0.15) is 0 Å². The van der Waals surface area contributed by atoms with E-state index in [2.05, 4.69) is 59.1 Å². The Morgan fingerprint density at radius 1 is 1.25 bits per heavy atom. The van der Waals surface area contributed by atoms with Gasteiger partial charge in [0, 0.05) is 22.2 Å². The highest BCUT2D eigenvalue weighted by Crippen LogP contribution is 2.25. The number of nitrogens with one attached hydrogen (secondary N) is 1. The lowest BCUT2D eigenvalue weighted by Gasteiger charge is -2.10. The lowest BCUT2D eigenvalue weighted by molar-refractivity contribution is 1.13. The predicted molar refractivity (Wildman–Crippen MR) is 86.1 cm³/mol. The topological polar surface area (TPSA) is 50.9 Å². The fourth-order valence-electron chi connectivity index (χ4n) is 2.35. The average Bonchev–Trinajstić information content (AvgIpc) is 2.99. The Hall–Kier alpha value is -1.91. The second kappa shape index (κ2) is 5.61. The SMILES string of the molecule is CCc1ccc2nc(NN)c(Cc3cccs3)cc2c1. The molecule has 3 aromatic rings. The third-order valence-electron chi connectivity index (χ3n) is 3.45. The first-order valence-corrected chi connectivity index (χ1v) is 7.59. The monoisotopic (exact) mass is 283 g/mol. The fraction of sp³-hybridized carbons (Fsp3) is 0.188. The maximum absolute atomic E-state index is 5.62. The summed E-state index contributed by atoms with van der Waals surface area (Å²) >= 11 is 1.75. The minimum atomic E-state index is 0.759. The molecule has 3 rings (SSSR count). The average molecular weight is 283 g/mol. The lowest BCUT2D eigenvalue weighted by atomic mass is 10.1. The molecule has 0 atom stereocenters. The summed E-state index contributed by atoms with van der Waals surface area (Å²) in [5, 5.41) is 3.27. The van der Waals surface area contributed by atoms with Gasteiger partial charge in [-0.3, -0.25) is 0 Å². The molecule has 0 fully saturated rings. The number of thiophene rings is 1. The molecule has 20 heavy (non-hydrogen) atoms. The maximum Gasteiger partial charge on any atom is 0.144 e. The van der Waals surface area contributed by atoms with Crippen molar-refractivity contribution in [1.29, 1.82) is 0 Å². The first-order valence-electron chi connectivity index (χ1n) is 6.71. The lowest BCUT2D eigenvalue weighted by Crippen LogP contribution is -2.11. The molecule has 1 aromatic carbocycles. The Kier molecular flexibility index (Phi) is 3.67. The van der Waals surface area contributed by atoms with Crippen LogP contribution in [0.25, 0.3) is 10.9 Å². The second-order valence-electron chi connectivity index (χ2n) is 4.78. The first-order chi connectivity index (χ1) is 9.80. The molecule has 2 heterocycles. The normalized spacial score (nSPS) is 10.9. The van der Waals surface area contributed by atoms with Crippen LogP contribution in [0.1, 0.15) is 22.9 Å². The van der Waals surface area contributed by atoms with Crippen LogP contribution in [0.4, 0.5) is 5.82 Å². The molecule has 0 bridgehead atoms. The standard InChI is InChI=1S/C16H17N3S/c1-2-11-5-6-15-12(8-11)9-13(16(18-15)19-17)10-14-4-3-7-20-14/h3-9H,2,10,17H2,1H3,(H,18,19). The van der Waals surface area contributed by atoms with Crippen molar-refractivity contribution in [1.82, 2.24) is 4.98 Å². The van der Waals surface area contributed by atoms with Gasteiger partial charge in [-0.25, -0.2) is 10.8 Å². The molecule has 0 saturated carbocycles. The summed E-state index contributed by atoms with van der Waals surface area (Å²) in [5.41, 5.74) is 6.16. The van der Waals surface area contributed by atoms with Crippen LogP contribution in [0.15, 0.2) is 41.8 Å². The number of pyridine rings is 1. The highest BCUT2D eigenvalue weighted by Gasteiger charge is 2.08. The van der Waals surface area contributed by atoms with Crippen molar-refractivity contribution in [3.05, 3.63) is 57.8 Å². The van der Waals surface area contributed by atoms with E-state index in [0.717, 1.165) is 29.7 Å². The van der Waals surface area contributed by atoms with Gasteiger partial charge in [0.05, 0.1) is 5.52 Å². The zero-order valence-corrected chi connectivity index (χ0v) is 12.2. The number of hydrazine groups is 1. The van der Waals surface area contributed by atoms with Crippen molar-refractivity contribution in [3.63, 3.8) is 0 Å². The molecule has 0 spiro atoms. The van der Waals surface area contributed by atoms with Gasteiger partial charge >= 0.3 is 0 Å². The second-order valence-corrected chi connectivity index (χ2v) is 5.81. The number of aromatic nitrogens is 1. The molecule has 2 aromatic heterocycles. The molecule has 0 radical (unpaired) electrons. The van der Waals surface area contributed by atoms with Crippen molar-refractivity contribution in [3.8, 4) is 0 Å². The minimum absolute atomic E-state index is 0.759. The predicted octanol–water partition coefficient (Wildman–Crippen LogP) is 3.74. The molecular weight excluding hydrogens is 266 g/mol. The minimum Gasteiger partial charge on any atom is -0.308 e. The number of rotatable bonds is 4. The van der Waals surface area contributed by atoms with Crippen molar-refractivity contribution >= 4 is 28.1 Å². The van der Waals surface area contributed by atoms with Crippen LogP contribution in [0.2, 0.25) is 0 Å². The van der Waals surface area contributed by atoms with Gasteiger partial charge in [0.2, 0.25) is 0 Å². The number of benzene rings is 1. The Labute approximate surface area is 122 Å². The number of hydrogen-bond acceptors (Lipinski definition) is 4. The van der Waals surface area contributed by atoms with E-state index in [9.17, 15) is 0 Å². The first kappa shape index (κ1) is 13.1. The molecule has 0 unspecified atom stereocenters. The largest absolute Gasteiger partial charge is 0.308 e. The van der Waals surface area contributed by atoms with Crippen molar-refractivity contribution < 1.29 is 0 Å². The van der Waals surface area contributed by atoms with Crippen LogP contribution < -0.4 is 11.3 Å². The van der Waals surface area contributed by atoms with Gasteiger partial charge in [0.1, 0.15) is 5.82 Å². The fourth-order valence-corrected chi connectivity index (χ4v) is 3.08. The van der Waals surface area contributed by atoms with Gasteiger partial charge < -0.3 is 5.43 Å². The van der Waals surface area contributed by atoms with Gasteiger partial charge in [-0.15, -0.1) is 11.3 Å². The highest BCUT2D eigenvalue weighted by atomic mass is 32.1. The van der Waals surface area contributed by atoms with E-state index in [1.165, 1.54) is 15.8 Å². The number of nitrogens with two attached hydrogens (primary N) is 1. The molecular formula is C16H17N3S. The summed E-state index contributed by atoms with van der Waals surface area (Å²) in [7, 11) is 0. The van der Waals surface area contributed by atoms with Crippen LogP contribution >= 0.6 is 11.3 Å². The van der Waals surface area contributed by atoms with Gasteiger partial charge in [-0.1, -0.05) is 19.1 Å². The van der Waals surface area contributed by atoms with E-state index >= 15 is 0 Å². The van der Waals surface area contributed by atoms with E-state index in [4.69, 9.17) is 5.84 Å². The number of nitrogens with zero attached hydrogens (tertiary/aromatic N) is 1. The van der Waals surface area contributed by atoms with Gasteiger partial charge in [-0.05, 0) is 41.6 Å². The maximum atomic E-state index is 5.62. The summed E-state index contributed by atoms with van der Waals surface area (Å²) < 4.78 is 0. The highest BCUT2D eigenvalue weighted by molar-refractivity contribution is 7.09. The number of nitrogen functional groups attached to an aromatic ring is 1. The Morgan fingerprint density at radius 2 is 2.15 bits per heavy atom. The summed E-state index contributed by atoms with van der Waals surface area (Å²) in [5.74, 6) is 6.38. The summed E-state index contributed by atoms with van der Waals surface area (Å²) in [4.78, 5) is 5.93. The number of aryl methyl sites for hydroxylation is 1. The summed E-state index contributed by atoms with van der Waals surface area (Å²) in [6.45, 7) is 2.16. The molecule has 0 aliphatic heterocycles. The number of fused-ring (bicyclic) bond motifs is 1. The third-order valence-corrected chi connectivity index (χ3v) is 4.32. The zero-order chi connectivity index (χ0) is 13.9. The van der Waals surface area contributed by atoms with E-state index in [0.29, 0.717) is 0 Å². The van der Waals surface area contributed by atoms with Crippen LogP contribution in [-0.2, 0) is 12.8 Å². The van der Waals surface area contributed by atoms with E-state index < -0.39 is 0 Å². The summed E-state index contributed by atoms with van der Waals surface area (Å²) in [6.07, 6.45) is 1.89. The van der Waals surface area contributed by atoms with E-state index in [1.54, 1.807) is 11.3 Å². The molecule has 0 amide bonds. The molecule has 0 aliphatic rings. The smallest absolute Gasteiger partial charge is 0.144 e. The van der Waals surface area contributed by atoms with Gasteiger partial charge in [0.25, 0.3) is 0 Å². The van der Waals surface area contributed by atoms with Crippen LogP contribution in [-0.4, -0.2) is 4.98 Å². The summed E-state index contributed by atoms with van der Waals surface area (Å²) in [6, 6.07) is 12.8. The van der Waals surface area contributed by atoms with E-state index in [1.807, 2.05) is 0 Å². The van der Waals surface area contributed by atoms with Crippen LogP contribution in [0.3, 0.4) is 0 Å². The quantitative estimate of drug-likeness (QED) is 0.566. The van der Waals surface area contributed by atoms with Crippen LogP contribution in [0, 0.1) is 0 Å². The molecule has 4 heteroatoms. The van der Waals surface area contributed by atoms with Crippen LogP contribution in [0.5, 0.6) is 0 Å². The molecule has 3 nitrogen and oxygen atoms in total. The van der Waals surface area contributed by atoms with E-state index in [-0.39, 0.29) is 0 Å². The number of anilines is 1. The Bertz CT molecular complexity index is 720. The molecule has 102 valence electrons. The Morgan fingerprint density at radius 3 is 2.85 bits per heavy atom. The molecule has 3 N–H and O–H groups in total. The van der Waals surface area contributed by atoms with Crippen molar-refractivity contribution in [2.24, 2.45) is 5.84 Å².